The van der Waals surface area contributed by atoms with Crippen LogP contribution in [0, 0.1) is 0 Å². The van der Waals surface area contributed by atoms with E-state index in [0.717, 1.165) is 11.3 Å². The highest BCUT2D eigenvalue weighted by molar-refractivity contribution is 5.92. The number of rotatable bonds is 5. The van der Waals surface area contributed by atoms with Gasteiger partial charge in [-0.1, -0.05) is 30.3 Å². The van der Waals surface area contributed by atoms with Crippen LogP contribution in [0.1, 0.15) is 10.4 Å². The largest absolute Gasteiger partial charge is 0.452 e. The van der Waals surface area contributed by atoms with Crippen molar-refractivity contribution in [1.29, 1.82) is 0 Å². The van der Waals surface area contributed by atoms with Crippen molar-refractivity contribution in [2.45, 2.75) is 0 Å². The van der Waals surface area contributed by atoms with Crippen LogP contribution in [0.15, 0.2) is 71.6 Å². The summed E-state index contributed by atoms with van der Waals surface area (Å²) in [5, 5.41) is 2.83. The molecule has 32 heavy (non-hydrogen) atoms. The van der Waals surface area contributed by atoms with E-state index in [1.807, 2.05) is 30.3 Å². The van der Waals surface area contributed by atoms with Gasteiger partial charge in [0.15, 0.2) is 18.8 Å². The van der Waals surface area contributed by atoms with Gasteiger partial charge >= 0.3 is 12.0 Å². The summed E-state index contributed by atoms with van der Waals surface area (Å²) < 4.78 is 10.4. The Morgan fingerprint density at radius 2 is 1.62 bits per heavy atom. The highest BCUT2D eigenvalue weighted by Gasteiger charge is 2.25. The van der Waals surface area contributed by atoms with Crippen LogP contribution in [0.2, 0.25) is 0 Å². The lowest BCUT2D eigenvalue weighted by molar-refractivity contribution is -0.135. The summed E-state index contributed by atoms with van der Waals surface area (Å²) >= 11 is 0. The minimum absolute atomic E-state index is 0.205. The van der Waals surface area contributed by atoms with E-state index in [1.54, 1.807) is 40.3 Å². The molecular formula is C23H22N4O5. The molecule has 1 N–H and O–H groups in total. The Labute approximate surface area is 184 Å². The Hall–Kier alpha value is -4.14. The number of esters is 1. The fourth-order valence-electron chi connectivity index (χ4n) is 3.31. The van der Waals surface area contributed by atoms with Crippen LogP contribution >= 0.6 is 0 Å². The lowest BCUT2D eigenvalue weighted by Crippen LogP contribution is -2.52. The van der Waals surface area contributed by atoms with Crippen LogP contribution in [0.3, 0.4) is 0 Å². The van der Waals surface area contributed by atoms with Gasteiger partial charge in [-0.3, -0.25) is 4.79 Å². The van der Waals surface area contributed by atoms with Crippen molar-refractivity contribution in [1.82, 2.24) is 14.8 Å². The predicted octanol–water partition coefficient (Wildman–Crippen LogP) is 2.87. The zero-order chi connectivity index (χ0) is 22.3. The van der Waals surface area contributed by atoms with Crippen molar-refractivity contribution < 1.29 is 23.5 Å². The molecule has 9 heteroatoms. The number of para-hydroxylation sites is 1. The highest BCUT2D eigenvalue weighted by atomic mass is 16.5. The van der Waals surface area contributed by atoms with Crippen LogP contribution in [-0.2, 0) is 9.53 Å². The summed E-state index contributed by atoms with van der Waals surface area (Å²) in [6.07, 6.45) is 2.91. The minimum atomic E-state index is -0.580. The van der Waals surface area contributed by atoms with Crippen molar-refractivity contribution in [3.8, 4) is 11.3 Å². The molecule has 0 aliphatic carbocycles. The van der Waals surface area contributed by atoms with Crippen LogP contribution < -0.4 is 5.32 Å². The van der Waals surface area contributed by atoms with Gasteiger partial charge in [0.25, 0.3) is 5.91 Å². The Morgan fingerprint density at radius 3 is 2.28 bits per heavy atom. The van der Waals surface area contributed by atoms with Crippen molar-refractivity contribution in [2.24, 2.45) is 0 Å². The summed E-state index contributed by atoms with van der Waals surface area (Å²) in [6.45, 7) is 1.22. The highest BCUT2D eigenvalue weighted by Crippen LogP contribution is 2.19. The molecule has 3 amide bonds. The number of carbonyl (C=O) groups excluding carboxylic acids is 3. The fourth-order valence-corrected chi connectivity index (χ4v) is 3.31. The molecule has 0 spiro atoms. The van der Waals surface area contributed by atoms with Gasteiger partial charge < -0.3 is 24.3 Å². The Morgan fingerprint density at radius 1 is 0.938 bits per heavy atom. The van der Waals surface area contributed by atoms with Gasteiger partial charge in [-0.05, 0) is 24.3 Å². The summed E-state index contributed by atoms with van der Waals surface area (Å²) in [4.78, 5) is 44.1. The zero-order valence-electron chi connectivity index (χ0n) is 17.3. The van der Waals surface area contributed by atoms with E-state index in [0.29, 0.717) is 37.5 Å². The average Bonchev–Trinajstić information content (AvgIpc) is 3.38. The van der Waals surface area contributed by atoms with Gasteiger partial charge in [-0.2, -0.15) is 0 Å². The van der Waals surface area contributed by atoms with E-state index in [2.05, 4.69) is 10.3 Å². The molecule has 3 aromatic rings. The van der Waals surface area contributed by atoms with Gasteiger partial charge in [0.05, 0.1) is 11.8 Å². The van der Waals surface area contributed by atoms with Gasteiger partial charge in [0.1, 0.15) is 0 Å². The molecule has 1 aliphatic rings. The van der Waals surface area contributed by atoms with Crippen LogP contribution in [0.25, 0.3) is 11.3 Å². The number of oxazole rings is 1. The monoisotopic (exact) mass is 434 g/mol. The number of ether oxygens (including phenoxy) is 1. The second kappa shape index (κ2) is 9.78. The number of nitrogens with zero attached hydrogens (tertiary/aromatic N) is 3. The van der Waals surface area contributed by atoms with Gasteiger partial charge in [-0.25, -0.2) is 14.6 Å². The van der Waals surface area contributed by atoms with E-state index in [9.17, 15) is 14.4 Å². The second-order valence-electron chi connectivity index (χ2n) is 7.18. The topological polar surface area (TPSA) is 105 Å². The average molecular weight is 434 g/mol. The number of aromatic nitrogens is 1. The Kier molecular flexibility index (Phi) is 6.45. The lowest BCUT2D eigenvalue weighted by atomic mass is 10.1. The molecule has 1 fully saturated rings. The summed E-state index contributed by atoms with van der Waals surface area (Å²) in [5.74, 6) is -0.278. The normalized spacial score (nSPS) is 13.5. The number of anilines is 1. The van der Waals surface area contributed by atoms with Crippen LogP contribution in [-0.4, -0.2) is 65.5 Å². The number of amides is 3. The van der Waals surface area contributed by atoms with E-state index in [4.69, 9.17) is 9.15 Å². The molecule has 1 aromatic heterocycles. The molecule has 0 atom stereocenters. The molecule has 0 saturated carbocycles. The van der Waals surface area contributed by atoms with E-state index < -0.39 is 5.97 Å². The number of carbonyl (C=O) groups is 3. The standard InChI is InChI=1S/C23H22N4O5/c28-21(15-31-22(29)18-8-6-17(7-9-18)20-14-24-16-32-20)26-10-12-27(13-11-26)23(30)25-19-4-2-1-3-5-19/h1-9,14,16H,10-13,15H2,(H,25,30). The maximum atomic E-state index is 12.4. The molecular weight excluding hydrogens is 412 g/mol. The number of urea groups is 1. The number of benzene rings is 2. The van der Waals surface area contributed by atoms with Gasteiger partial charge in [-0.15, -0.1) is 0 Å². The molecule has 4 rings (SSSR count). The number of piperazine rings is 1. The second-order valence-corrected chi connectivity index (χ2v) is 7.18. The molecule has 164 valence electrons. The fraction of sp³-hybridized carbons (Fsp3) is 0.217. The molecule has 2 aromatic carbocycles. The van der Waals surface area contributed by atoms with Crippen molar-refractivity contribution >= 4 is 23.6 Å². The third kappa shape index (κ3) is 5.12. The Balaban J connectivity index is 1.22. The van der Waals surface area contributed by atoms with E-state index >= 15 is 0 Å². The molecule has 1 saturated heterocycles. The van der Waals surface area contributed by atoms with E-state index in [-0.39, 0.29) is 18.5 Å². The first-order chi connectivity index (χ1) is 15.6. The van der Waals surface area contributed by atoms with Crippen molar-refractivity contribution in [3.05, 3.63) is 72.8 Å². The third-order valence-electron chi connectivity index (χ3n) is 5.11. The van der Waals surface area contributed by atoms with Crippen LogP contribution in [0.5, 0.6) is 0 Å². The molecule has 1 aliphatic heterocycles. The minimum Gasteiger partial charge on any atom is -0.452 e. The summed E-state index contributed by atoms with van der Waals surface area (Å²) in [6, 6.07) is 15.6. The maximum absolute atomic E-state index is 12.4. The summed E-state index contributed by atoms with van der Waals surface area (Å²) in [5.41, 5.74) is 1.84. The molecule has 2 heterocycles. The summed E-state index contributed by atoms with van der Waals surface area (Å²) in [7, 11) is 0. The Bertz CT molecular complexity index is 1060. The first-order valence-electron chi connectivity index (χ1n) is 10.1. The quantitative estimate of drug-likeness (QED) is 0.619. The molecule has 9 nitrogen and oxygen atoms in total. The molecule has 0 bridgehead atoms. The lowest BCUT2D eigenvalue weighted by Gasteiger charge is -2.34. The predicted molar refractivity (Wildman–Crippen MR) is 116 cm³/mol. The molecule has 0 unspecified atom stereocenters. The SMILES string of the molecule is O=C(OCC(=O)N1CCN(C(=O)Nc2ccccc2)CC1)c1ccc(-c2cnco2)cc1. The molecule has 0 radical (unpaired) electrons. The maximum Gasteiger partial charge on any atom is 0.338 e. The van der Waals surface area contributed by atoms with Crippen LogP contribution in [0.4, 0.5) is 10.5 Å². The van der Waals surface area contributed by atoms with Crippen molar-refractivity contribution in [2.75, 3.05) is 38.1 Å². The van der Waals surface area contributed by atoms with Gasteiger partial charge in [0.2, 0.25) is 0 Å². The number of hydrogen-bond donors (Lipinski definition) is 1. The zero-order valence-corrected chi connectivity index (χ0v) is 17.3. The first kappa shape index (κ1) is 21.1. The van der Waals surface area contributed by atoms with Crippen molar-refractivity contribution in [3.63, 3.8) is 0 Å². The van der Waals surface area contributed by atoms with Gasteiger partial charge in [0, 0.05) is 37.4 Å². The van der Waals surface area contributed by atoms with E-state index in [1.165, 1.54) is 6.39 Å². The number of nitrogens with one attached hydrogen (secondary N) is 1. The number of hydrogen-bond acceptors (Lipinski definition) is 6. The third-order valence-corrected chi connectivity index (χ3v) is 5.11. The smallest absolute Gasteiger partial charge is 0.338 e. The first-order valence-corrected chi connectivity index (χ1v) is 10.1.